The van der Waals surface area contributed by atoms with Crippen molar-refractivity contribution >= 4 is 23.5 Å². The molecule has 120 valence electrons. The molecule has 0 aromatic heterocycles. The molecule has 1 aliphatic heterocycles. The fourth-order valence-corrected chi connectivity index (χ4v) is 2.39. The van der Waals surface area contributed by atoms with Gasteiger partial charge < -0.3 is 19.9 Å². The van der Waals surface area contributed by atoms with Crippen molar-refractivity contribution in [2.24, 2.45) is 0 Å². The van der Waals surface area contributed by atoms with Crippen LogP contribution in [0.3, 0.4) is 0 Å². The van der Waals surface area contributed by atoms with Gasteiger partial charge in [0.25, 0.3) is 5.91 Å². The van der Waals surface area contributed by atoms with Gasteiger partial charge in [0.2, 0.25) is 0 Å². The molecule has 0 spiro atoms. The molecule has 0 unspecified atom stereocenters. The Balaban J connectivity index is 2.02. The lowest BCUT2D eigenvalue weighted by atomic mass is 10.1. The van der Waals surface area contributed by atoms with Gasteiger partial charge >= 0.3 is 5.97 Å². The number of carbonyl (C=O) groups excluding carboxylic acids is 1. The molecule has 8 heteroatoms. The van der Waals surface area contributed by atoms with Gasteiger partial charge in [-0.3, -0.25) is 4.79 Å². The topological polar surface area (TPSA) is 84.9 Å². The van der Waals surface area contributed by atoms with E-state index in [1.165, 1.54) is 6.07 Å². The number of hydrogen-bond donors (Lipinski definition) is 2. The van der Waals surface area contributed by atoms with Crippen LogP contribution in [0.5, 0.6) is 0 Å². The third-order valence-corrected chi connectivity index (χ3v) is 3.37. The van der Waals surface area contributed by atoms with Crippen LogP contribution < -0.4 is 5.32 Å². The smallest absolute Gasteiger partial charge is 0.329 e. The highest BCUT2D eigenvalue weighted by molar-refractivity contribution is 6.31. The summed E-state index contributed by atoms with van der Waals surface area (Å²) < 4.78 is 23.8. The van der Waals surface area contributed by atoms with Crippen molar-refractivity contribution in [2.45, 2.75) is 18.6 Å². The fraction of sp³-hybridized carbons (Fsp3) is 0.429. The van der Waals surface area contributed by atoms with Gasteiger partial charge in [-0.05, 0) is 24.6 Å². The van der Waals surface area contributed by atoms with Gasteiger partial charge in [-0.1, -0.05) is 11.6 Å². The third kappa shape index (κ3) is 4.66. The Morgan fingerprint density at radius 1 is 1.45 bits per heavy atom. The first-order valence-corrected chi connectivity index (χ1v) is 7.01. The molecule has 1 aliphatic rings. The summed E-state index contributed by atoms with van der Waals surface area (Å²) >= 11 is 5.72. The van der Waals surface area contributed by atoms with Gasteiger partial charge in [-0.15, -0.1) is 0 Å². The highest BCUT2D eigenvalue weighted by Gasteiger charge is 2.29. The molecule has 0 radical (unpaired) electrons. The minimum atomic E-state index is -1.09. The lowest BCUT2D eigenvalue weighted by Crippen LogP contribution is -2.51. The van der Waals surface area contributed by atoms with E-state index >= 15 is 0 Å². The monoisotopic (exact) mass is 331 g/mol. The minimum Gasteiger partial charge on any atom is -0.480 e. The van der Waals surface area contributed by atoms with Crippen LogP contribution in [0.1, 0.15) is 16.8 Å². The summed E-state index contributed by atoms with van der Waals surface area (Å²) in [4.78, 5) is 22.7. The van der Waals surface area contributed by atoms with Crippen molar-refractivity contribution < 1.29 is 28.6 Å². The molecule has 2 rings (SSSR count). The van der Waals surface area contributed by atoms with Crippen LogP contribution in [-0.2, 0) is 14.3 Å². The van der Waals surface area contributed by atoms with E-state index in [1.807, 2.05) is 0 Å². The van der Waals surface area contributed by atoms with Crippen molar-refractivity contribution in [1.29, 1.82) is 0 Å². The average molecular weight is 332 g/mol. The van der Waals surface area contributed by atoms with E-state index in [9.17, 15) is 14.0 Å². The van der Waals surface area contributed by atoms with Gasteiger partial charge in [0.15, 0.2) is 0 Å². The molecular weight excluding hydrogens is 317 g/mol. The van der Waals surface area contributed by atoms with E-state index in [0.717, 1.165) is 12.1 Å². The summed E-state index contributed by atoms with van der Waals surface area (Å²) in [7, 11) is 0. The number of halogens is 2. The first-order chi connectivity index (χ1) is 10.5. The van der Waals surface area contributed by atoms with Crippen LogP contribution in [0.2, 0.25) is 5.02 Å². The molecule has 6 nitrogen and oxygen atoms in total. The first-order valence-electron chi connectivity index (χ1n) is 6.64. The van der Waals surface area contributed by atoms with Crippen LogP contribution in [0, 0.1) is 5.82 Å². The summed E-state index contributed by atoms with van der Waals surface area (Å²) in [6.07, 6.45) is -0.0138. The van der Waals surface area contributed by atoms with Gasteiger partial charge in [0.1, 0.15) is 12.4 Å². The quantitative estimate of drug-likeness (QED) is 0.853. The highest BCUT2D eigenvalue weighted by Crippen LogP contribution is 2.16. The number of rotatable bonds is 5. The number of nitrogens with one attached hydrogen (secondary N) is 1. The van der Waals surface area contributed by atoms with E-state index in [-0.39, 0.29) is 17.2 Å². The van der Waals surface area contributed by atoms with E-state index in [2.05, 4.69) is 5.32 Å². The minimum absolute atomic E-state index is 0.0764. The highest BCUT2D eigenvalue weighted by atomic mass is 35.5. The zero-order valence-corrected chi connectivity index (χ0v) is 12.3. The third-order valence-electron chi connectivity index (χ3n) is 3.16. The lowest BCUT2D eigenvalue weighted by molar-refractivity contribution is -0.147. The Morgan fingerprint density at radius 2 is 2.23 bits per heavy atom. The molecule has 0 bridgehead atoms. The van der Waals surface area contributed by atoms with Crippen molar-refractivity contribution in [1.82, 2.24) is 5.32 Å². The zero-order chi connectivity index (χ0) is 16.1. The SMILES string of the molecule is O=C(O)CO[C@H]1CCOC[C@H]1NC(=O)c1cc(F)cc(Cl)c1. The molecule has 0 saturated carbocycles. The van der Waals surface area contributed by atoms with E-state index in [4.69, 9.17) is 26.2 Å². The maximum Gasteiger partial charge on any atom is 0.329 e. The van der Waals surface area contributed by atoms with Crippen LogP contribution >= 0.6 is 11.6 Å². The van der Waals surface area contributed by atoms with Gasteiger partial charge in [-0.25, -0.2) is 9.18 Å². The average Bonchev–Trinajstić information content (AvgIpc) is 2.45. The Morgan fingerprint density at radius 3 is 2.91 bits per heavy atom. The van der Waals surface area contributed by atoms with Crippen molar-refractivity contribution in [3.05, 3.63) is 34.6 Å². The Hall–Kier alpha value is -1.70. The predicted octanol–water partition coefficient (Wildman–Crippen LogP) is 1.47. The number of benzene rings is 1. The molecule has 2 atom stereocenters. The summed E-state index contributed by atoms with van der Waals surface area (Å²) in [6.45, 7) is 0.157. The van der Waals surface area contributed by atoms with E-state index in [1.54, 1.807) is 0 Å². The van der Waals surface area contributed by atoms with Crippen molar-refractivity contribution in [2.75, 3.05) is 19.8 Å². The maximum atomic E-state index is 13.3. The molecule has 1 aromatic carbocycles. The molecule has 1 saturated heterocycles. The molecular formula is C14H15ClFNO5. The van der Waals surface area contributed by atoms with E-state index in [0.29, 0.717) is 13.0 Å². The van der Waals surface area contributed by atoms with Gasteiger partial charge in [0.05, 0.1) is 18.8 Å². The Kier molecular flexibility index (Phi) is 5.70. The molecule has 2 N–H and O–H groups in total. The maximum absolute atomic E-state index is 13.3. The summed E-state index contributed by atoms with van der Waals surface area (Å²) in [5.41, 5.74) is 0.0764. The molecule has 0 aliphatic carbocycles. The number of carbonyl (C=O) groups is 2. The molecule has 22 heavy (non-hydrogen) atoms. The lowest BCUT2D eigenvalue weighted by Gasteiger charge is -2.31. The molecule has 1 aromatic rings. The second-order valence-electron chi connectivity index (χ2n) is 4.84. The summed E-state index contributed by atoms with van der Waals surface area (Å²) in [5, 5.41) is 11.4. The predicted molar refractivity (Wildman–Crippen MR) is 75.5 cm³/mol. The van der Waals surface area contributed by atoms with Crippen LogP contribution in [0.15, 0.2) is 18.2 Å². The number of carboxylic acids is 1. The number of carboxylic acid groups (broad SMARTS) is 1. The molecule has 1 amide bonds. The number of ether oxygens (including phenoxy) is 2. The number of hydrogen-bond acceptors (Lipinski definition) is 4. The number of aliphatic carboxylic acids is 1. The van der Waals surface area contributed by atoms with Crippen LogP contribution in [0.25, 0.3) is 0 Å². The van der Waals surface area contributed by atoms with Crippen LogP contribution in [-0.4, -0.2) is 48.9 Å². The van der Waals surface area contributed by atoms with Gasteiger partial charge in [-0.2, -0.15) is 0 Å². The van der Waals surface area contributed by atoms with Crippen LogP contribution in [0.4, 0.5) is 4.39 Å². The van der Waals surface area contributed by atoms with Gasteiger partial charge in [0, 0.05) is 17.2 Å². The number of amides is 1. The second-order valence-corrected chi connectivity index (χ2v) is 5.28. The van der Waals surface area contributed by atoms with Crippen molar-refractivity contribution in [3.8, 4) is 0 Å². The zero-order valence-electron chi connectivity index (χ0n) is 11.6. The fourth-order valence-electron chi connectivity index (χ4n) is 2.17. The Bertz CT molecular complexity index is 548. The standard InChI is InChI=1S/C14H15ClFNO5/c15-9-3-8(4-10(16)5-9)14(20)17-11-6-21-2-1-12(11)22-7-13(18)19/h3-5,11-12H,1-2,6-7H2,(H,17,20)(H,18,19)/t11-,12+/m1/s1. The largest absolute Gasteiger partial charge is 0.480 e. The second kappa shape index (κ2) is 7.53. The molecule has 1 heterocycles. The summed E-state index contributed by atoms with van der Waals surface area (Å²) in [5.74, 6) is -2.23. The first kappa shape index (κ1) is 16.7. The van der Waals surface area contributed by atoms with E-state index < -0.39 is 36.4 Å². The molecule has 1 fully saturated rings. The Labute approximate surface area is 131 Å². The summed E-state index contributed by atoms with van der Waals surface area (Å²) in [6, 6.07) is 3.00. The van der Waals surface area contributed by atoms with Crippen molar-refractivity contribution in [3.63, 3.8) is 0 Å². The normalized spacial score (nSPS) is 21.4.